The molecule has 0 saturated heterocycles. The zero-order valence-electron chi connectivity index (χ0n) is 15.9. The lowest BCUT2D eigenvalue weighted by molar-refractivity contribution is -0.136. The van der Waals surface area contributed by atoms with Gasteiger partial charge in [-0.3, -0.25) is 4.79 Å². The predicted octanol–water partition coefficient (Wildman–Crippen LogP) is 3.56. The minimum Gasteiger partial charge on any atom is -0.497 e. The first-order valence-corrected chi connectivity index (χ1v) is 10.8. The van der Waals surface area contributed by atoms with Crippen LogP contribution in [0.5, 0.6) is 5.75 Å². The molecule has 148 valence electrons. The standard InChI is InChI=1S/C21H25N3O3S/c1-27-16-4-2-15(3-5-16)22-20-23-17(11-28-20)19(25)24-18-13-6-12-7-14(18)10-21(26,8-12)9-13/h2-5,11-14,18,26H,6-10H2,1H3,(H,22,23)(H,24,25)/t12?,13-,14+,18?,21?. The summed E-state index contributed by atoms with van der Waals surface area (Å²) in [4.78, 5) is 17.3. The Kier molecular flexibility index (Phi) is 4.32. The van der Waals surface area contributed by atoms with Crippen LogP contribution in [0.2, 0.25) is 0 Å². The number of nitrogens with zero attached hydrogens (tertiary/aromatic N) is 1. The van der Waals surface area contributed by atoms with Gasteiger partial charge in [0.15, 0.2) is 5.13 Å². The zero-order valence-corrected chi connectivity index (χ0v) is 16.7. The molecule has 28 heavy (non-hydrogen) atoms. The summed E-state index contributed by atoms with van der Waals surface area (Å²) in [6.07, 6.45) is 4.86. The van der Waals surface area contributed by atoms with Gasteiger partial charge >= 0.3 is 0 Å². The lowest BCUT2D eigenvalue weighted by atomic mass is 9.52. The van der Waals surface area contributed by atoms with Crippen LogP contribution in [-0.4, -0.2) is 34.8 Å². The Morgan fingerprint density at radius 3 is 2.57 bits per heavy atom. The van der Waals surface area contributed by atoms with Crippen LogP contribution in [-0.2, 0) is 0 Å². The quantitative estimate of drug-likeness (QED) is 0.716. The molecule has 0 aliphatic heterocycles. The van der Waals surface area contributed by atoms with Crippen LogP contribution >= 0.6 is 11.3 Å². The summed E-state index contributed by atoms with van der Waals surface area (Å²) in [5.41, 5.74) is 0.873. The number of rotatable bonds is 5. The summed E-state index contributed by atoms with van der Waals surface area (Å²) >= 11 is 1.42. The van der Waals surface area contributed by atoms with Gasteiger partial charge in [0.1, 0.15) is 11.4 Å². The van der Waals surface area contributed by atoms with Crippen LogP contribution in [0.1, 0.15) is 42.6 Å². The Hall–Kier alpha value is -2.12. The fourth-order valence-corrected chi connectivity index (χ4v) is 6.39. The number of hydrogen-bond donors (Lipinski definition) is 3. The van der Waals surface area contributed by atoms with E-state index in [1.54, 1.807) is 12.5 Å². The summed E-state index contributed by atoms with van der Waals surface area (Å²) in [7, 11) is 1.64. The SMILES string of the molecule is COc1ccc(Nc2nc(C(=O)NC3[C@@H]4CC5C[C@H]3CC(O)(C5)C4)cs2)cc1. The Morgan fingerprint density at radius 1 is 1.21 bits per heavy atom. The summed E-state index contributed by atoms with van der Waals surface area (Å²) in [5, 5.41) is 19.7. The third-order valence-electron chi connectivity index (χ3n) is 6.62. The maximum Gasteiger partial charge on any atom is 0.271 e. The number of carbonyl (C=O) groups is 1. The average molecular weight is 400 g/mol. The number of thiazole rings is 1. The first-order valence-electron chi connectivity index (χ1n) is 9.91. The Morgan fingerprint density at radius 2 is 1.93 bits per heavy atom. The van der Waals surface area contributed by atoms with E-state index in [-0.39, 0.29) is 11.9 Å². The van der Waals surface area contributed by atoms with Gasteiger partial charge in [0.05, 0.1) is 12.7 Å². The minimum atomic E-state index is -0.478. The van der Waals surface area contributed by atoms with Crippen molar-refractivity contribution in [2.24, 2.45) is 17.8 Å². The molecule has 1 aromatic carbocycles. The first-order chi connectivity index (χ1) is 13.5. The number of aliphatic hydroxyl groups is 1. The molecule has 4 aliphatic carbocycles. The number of benzene rings is 1. The Labute approximate surface area is 168 Å². The smallest absolute Gasteiger partial charge is 0.271 e. The first kappa shape index (κ1) is 17.9. The molecule has 3 N–H and O–H groups in total. The normalized spacial score (nSPS) is 32.9. The minimum absolute atomic E-state index is 0.108. The molecule has 7 heteroatoms. The molecule has 4 aliphatic rings. The number of hydrogen-bond acceptors (Lipinski definition) is 6. The van der Waals surface area contributed by atoms with Gasteiger partial charge in [0.25, 0.3) is 5.91 Å². The molecular formula is C21H25N3O3S. The fraction of sp³-hybridized carbons (Fsp3) is 0.524. The second-order valence-corrected chi connectivity index (χ2v) is 9.44. The Bertz CT molecular complexity index is 865. The van der Waals surface area contributed by atoms with Crippen molar-refractivity contribution in [3.8, 4) is 5.75 Å². The number of methoxy groups -OCH3 is 1. The number of carbonyl (C=O) groups excluding carboxylic acids is 1. The van der Waals surface area contributed by atoms with Crippen molar-refractivity contribution in [2.45, 2.75) is 43.7 Å². The second-order valence-electron chi connectivity index (χ2n) is 8.58. The average Bonchev–Trinajstić information content (AvgIpc) is 3.12. The second kappa shape index (κ2) is 6.74. The van der Waals surface area contributed by atoms with Crippen LogP contribution in [0.3, 0.4) is 0 Å². The van der Waals surface area contributed by atoms with Gasteiger partial charge in [0.2, 0.25) is 0 Å². The molecular weight excluding hydrogens is 374 g/mol. The van der Waals surface area contributed by atoms with E-state index in [0.29, 0.717) is 28.6 Å². The van der Waals surface area contributed by atoms with Crippen molar-refractivity contribution >= 4 is 28.1 Å². The van der Waals surface area contributed by atoms with Crippen molar-refractivity contribution < 1.29 is 14.6 Å². The number of aromatic nitrogens is 1. The van der Waals surface area contributed by atoms with E-state index in [1.807, 2.05) is 24.3 Å². The van der Waals surface area contributed by atoms with Crippen molar-refractivity contribution in [3.05, 3.63) is 35.3 Å². The number of ether oxygens (including phenoxy) is 1. The van der Waals surface area contributed by atoms with E-state index in [2.05, 4.69) is 15.6 Å². The number of anilines is 2. The van der Waals surface area contributed by atoms with Crippen LogP contribution < -0.4 is 15.4 Å². The summed E-state index contributed by atoms with van der Waals surface area (Å²) in [6, 6.07) is 7.76. The van der Waals surface area contributed by atoms with E-state index in [1.165, 1.54) is 11.3 Å². The third kappa shape index (κ3) is 3.26. The van der Waals surface area contributed by atoms with E-state index >= 15 is 0 Å². The largest absolute Gasteiger partial charge is 0.497 e. The van der Waals surface area contributed by atoms with Crippen LogP contribution in [0.15, 0.2) is 29.6 Å². The van der Waals surface area contributed by atoms with E-state index in [4.69, 9.17) is 4.74 Å². The topological polar surface area (TPSA) is 83.5 Å². The zero-order chi connectivity index (χ0) is 19.3. The molecule has 4 saturated carbocycles. The summed E-state index contributed by atoms with van der Waals surface area (Å²) < 4.78 is 5.16. The van der Waals surface area contributed by atoms with Gasteiger partial charge < -0.3 is 20.5 Å². The molecule has 6 nitrogen and oxygen atoms in total. The van der Waals surface area contributed by atoms with Gasteiger partial charge in [-0.15, -0.1) is 11.3 Å². The molecule has 0 spiro atoms. The molecule has 4 fully saturated rings. The fourth-order valence-electron chi connectivity index (χ4n) is 5.68. The van der Waals surface area contributed by atoms with Gasteiger partial charge in [-0.25, -0.2) is 4.98 Å². The predicted molar refractivity (Wildman–Crippen MR) is 108 cm³/mol. The monoisotopic (exact) mass is 399 g/mol. The molecule has 1 aromatic heterocycles. The summed E-state index contributed by atoms with van der Waals surface area (Å²) in [6.45, 7) is 0. The highest BCUT2D eigenvalue weighted by Crippen LogP contribution is 2.55. The van der Waals surface area contributed by atoms with Crippen molar-refractivity contribution in [1.29, 1.82) is 0 Å². The van der Waals surface area contributed by atoms with Gasteiger partial charge in [-0.05, 0) is 74.1 Å². The molecule has 2 aromatic rings. The van der Waals surface area contributed by atoms with Crippen LogP contribution in [0.4, 0.5) is 10.8 Å². The van der Waals surface area contributed by atoms with Crippen molar-refractivity contribution in [3.63, 3.8) is 0 Å². The molecule has 6 rings (SSSR count). The molecule has 5 atom stereocenters. The molecule has 1 amide bonds. The van der Waals surface area contributed by atoms with E-state index in [0.717, 1.165) is 43.5 Å². The lowest BCUT2D eigenvalue weighted by Crippen LogP contribution is -2.61. The molecule has 1 heterocycles. The molecule has 0 radical (unpaired) electrons. The third-order valence-corrected chi connectivity index (χ3v) is 7.37. The lowest BCUT2D eigenvalue weighted by Gasteiger charge is -2.58. The Balaban J connectivity index is 1.24. The van der Waals surface area contributed by atoms with Crippen molar-refractivity contribution in [1.82, 2.24) is 10.3 Å². The maximum atomic E-state index is 12.8. The number of nitrogens with one attached hydrogen (secondary N) is 2. The maximum absolute atomic E-state index is 12.8. The van der Waals surface area contributed by atoms with Crippen LogP contribution in [0, 0.1) is 17.8 Å². The highest BCUT2D eigenvalue weighted by molar-refractivity contribution is 7.14. The van der Waals surface area contributed by atoms with Gasteiger partial charge in [0, 0.05) is 17.1 Å². The molecule has 3 unspecified atom stereocenters. The highest BCUT2D eigenvalue weighted by atomic mass is 32.1. The van der Waals surface area contributed by atoms with E-state index < -0.39 is 5.60 Å². The number of amides is 1. The van der Waals surface area contributed by atoms with Crippen molar-refractivity contribution in [2.75, 3.05) is 12.4 Å². The van der Waals surface area contributed by atoms with E-state index in [9.17, 15) is 9.90 Å². The van der Waals surface area contributed by atoms with Crippen LogP contribution in [0.25, 0.3) is 0 Å². The highest BCUT2D eigenvalue weighted by Gasteiger charge is 2.55. The summed E-state index contributed by atoms with van der Waals surface area (Å²) in [5.74, 6) is 2.12. The molecule has 4 bridgehead atoms. The van der Waals surface area contributed by atoms with Gasteiger partial charge in [-0.1, -0.05) is 0 Å². The van der Waals surface area contributed by atoms with Gasteiger partial charge in [-0.2, -0.15) is 0 Å².